The van der Waals surface area contributed by atoms with Crippen molar-refractivity contribution in [2.75, 3.05) is 7.11 Å². The maximum absolute atomic E-state index is 13.0. The number of halogens is 2. The molecule has 5 nitrogen and oxygen atoms in total. The van der Waals surface area contributed by atoms with Crippen molar-refractivity contribution in [2.24, 2.45) is 0 Å². The fraction of sp³-hybridized carbons (Fsp3) is 0.111. The molecule has 0 atom stereocenters. The molecule has 130 valence electrons. The molecule has 0 aliphatic carbocycles. The van der Waals surface area contributed by atoms with Crippen molar-refractivity contribution in [1.29, 1.82) is 0 Å². The van der Waals surface area contributed by atoms with E-state index in [2.05, 4.69) is 10.9 Å². The van der Waals surface area contributed by atoms with Gasteiger partial charge in [-0.05, 0) is 41.5 Å². The third-order valence-electron chi connectivity index (χ3n) is 3.22. The van der Waals surface area contributed by atoms with Crippen LogP contribution in [0, 0.1) is 5.82 Å². The summed E-state index contributed by atoms with van der Waals surface area (Å²) in [6, 6.07) is 11.1. The van der Waals surface area contributed by atoms with Crippen molar-refractivity contribution >= 4 is 29.5 Å². The van der Waals surface area contributed by atoms with E-state index in [1.807, 2.05) is 0 Å². The molecule has 0 aromatic heterocycles. The summed E-state index contributed by atoms with van der Waals surface area (Å²) in [6.45, 7) is 0. The summed E-state index contributed by atoms with van der Waals surface area (Å²) in [5.41, 5.74) is 5.92. The van der Waals surface area contributed by atoms with Gasteiger partial charge in [-0.25, -0.2) is 4.39 Å². The van der Waals surface area contributed by atoms with Gasteiger partial charge in [-0.3, -0.25) is 20.4 Å². The Hall–Kier alpha value is -2.86. The number of amides is 2. The van der Waals surface area contributed by atoms with E-state index < -0.39 is 11.7 Å². The number of hydrogen-bond acceptors (Lipinski definition) is 3. The van der Waals surface area contributed by atoms with Gasteiger partial charge >= 0.3 is 0 Å². The number of hydrazine groups is 1. The molecule has 0 saturated carbocycles. The van der Waals surface area contributed by atoms with Gasteiger partial charge in [-0.1, -0.05) is 29.8 Å². The van der Waals surface area contributed by atoms with Crippen LogP contribution in [0.3, 0.4) is 0 Å². The van der Waals surface area contributed by atoms with Gasteiger partial charge in [0.1, 0.15) is 11.6 Å². The summed E-state index contributed by atoms with van der Waals surface area (Å²) >= 11 is 5.65. The first-order valence-corrected chi connectivity index (χ1v) is 7.70. The van der Waals surface area contributed by atoms with E-state index in [-0.39, 0.29) is 17.4 Å². The molecule has 0 radical (unpaired) electrons. The van der Waals surface area contributed by atoms with Crippen LogP contribution >= 0.6 is 11.6 Å². The van der Waals surface area contributed by atoms with Gasteiger partial charge in [0.2, 0.25) is 5.91 Å². The fourth-order valence-electron chi connectivity index (χ4n) is 1.93. The highest BCUT2D eigenvalue weighted by Crippen LogP contribution is 2.16. The number of carbonyl (C=O) groups is 2. The minimum Gasteiger partial charge on any atom is -0.497 e. The first-order valence-electron chi connectivity index (χ1n) is 7.33. The molecule has 2 aromatic carbocycles. The lowest BCUT2D eigenvalue weighted by atomic mass is 10.1. The SMILES string of the molecule is COc1ccc(CC(=O)NNC(=O)/C=C/c2ccc(F)c(Cl)c2)cc1. The van der Waals surface area contributed by atoms with Crippen LogP contribution in [0.4, 0.5) is 4.39 Å². The van der Waals surface area contributed by atoms with Gasteiger partial charge in [-0.15, -0.1) is 0 Å². The third kappa shape index (κ3) is 5.93. The lowest BCUT2D eigenvalue weighted by Gasteiger charge is -2.06. The Bertz CT molecular complexity index is 791. The molecule has 0 aliphatic rings. The lowest BCUT2D eigenvalue weighted by Crippen LogP contribution is -2.41. The minimum absolute atomic E-state index is 0.0321. The topological polar surface area (TPSA) is 67.4 Å². The van der Waals surface area contributed by atoms with E-state index >= 15 is 0 Å². The van der Waals surface area contributed by atoms with Crippen molar-refractivity contribution in [1.82, 2.24) is 10.9 Å². The fourth-order valence-corrected chi connectivity index (χ4v) is 2.12. The van der Waals surface area contributed by atoms with E-state index in [0.29, 0.717) is 11.3 Å². The number of rotatable bonds is 5. The lowest BCUT2D eigenvalue weighted by molar-refractivity contribution is -0.126. The number of benzene rings is 2. The summed E-state index contributed by atoms with van der Waals surface area (Å²) in [5, 5.41) is -0.0321. The highest BCUT2D eigenvalue weighted by atomic mass is 35.5. The molecule has 0 saturated heterocycles. The molecular weight excluding hydrogens is 347 g/mol. The minimum atomic E-state index is -0.533. The van der Waals surface area contributed by atoms with Crippen LogP contribution in [-0.4, -0.2) is 18.9 Å². The highest BCUT2D eigenvalue weighted by Gasteiger charge is 2.05. The summed E-state index contributed by atoms with van der Waals surface area (Å²) in [7, 11) is 1.56. The zero-order valence-electron chi connectivity index (χ0n) is 13.4. The van der Waals surface area contributed by atoms with Gasteiger partial charge in [0.25, 0.3) is 5.91 Å². The Morgan fingerprint density at radius 1 is 1.16 bits per heavy atom. The van der Waals surface area contributed by atoms with E-state index in [1.54, 1.807) is 31.4 Å². The van der Waals surface area contributed by atoms with Crippen LogP contribution in [0.25, 0.3) is 6.08 Å². The summed E-state index contributed by atoms with van der Waals surface area (Å²) in [4.78, 5) is 23.5. The van der Waals surface area contributed by atoms with E-state index in [4.69, 9.17) is 16.3 Å². The van der Waals surface area contributed by atoms with Crippen LogP contribution < -0.4 is 15.6 Å². The number of hydrogen-bond donors (Lipinski definition) is 2. The molecule has 0 heterocycles. The maximum atomic E-state index is 13.0. The molecule has 0 unspecified atom stereocenters. The average molecular weight is 363 g/mol. The Morgan fingerprint density at radius 3 is 2.52 bits per heavy atom. The van der Waals surface area contributed by atoms with Crippen molar-refractivity contribution in [3.05, 3.63) is 70.5 Å². The largest absolute Gasteiger partial charge is 0.497 e. The van der Waals surface area contributed by atoms with Crippen LogP contribution in [-0.2, 0) is 16.0 Å². The zero-order valence-corrected chi connectivity index (χ0v) is 14.1. The Kier molecular flexibility index (Phi) is 6.54. The van der Waals surface area contributed by atoms with Gasteiger partial charge in [0, 0.05) is 6.08 Å². The van der Waals surface area contributed by atoms with E-state index in [9.17, 15) is 14.0 Å². The third-order valence-corrected chi connectivity index (χ3v) is 3.51. The molecule has 0 spiro atoms. The van der Waals surface area contributed by atoms with Gasteiger partial charge in [0.05, 0.1) is 18.6 Å². The maximum Gasteiger partial charge on any atom is 0.262 e. The first kappa shape index (κ1) is 18.5. The van der Waals surface area contributed by atoms with Gasteiger partial charge < -0.3 is 4.74 Å². The second-order valence-electron chi connectivity index (χ2n) is 5.07. The standard InChI is InChI=1S/C18H16ClFN2O3/c1-25-14-6-2-13(3-7-14)11-18(24)22-21-17(23)9-5-12-4-8-16(20)15(19)10-12/h2-10H,11H2,1H3,(H,21,23)(H,22,24)/b9-5+. The van der Waals surface area contributed by atoms with Crippen LogP contribution in [0.5, 0.6) is 5.75 Å². The van der Waals surface area contributed by atoms with Crippen LogP contribution in [0.15, 0.2) is 48.5 Å². The summed E-state index contributed by atoms with van der Waals surface area (Å²) < 4.78 is 18.1. The Morgan fingerprint density at radius 2 is 1.88 bits per heavy atom. The molecule has 25 heavy (non-hydrogen) atoms. The Balaban J connectivity index is 1.81. The molecule has 0 bridgehead atoms. The number of methoxy groups -OCH3 is 1. The van der Waals surface area contributed by atoms with Crippen LogP contribution in [0.2, 0.25) is 5.02 Å². The van der Waals surface area contributed by atoms with Gasteiger partial charge in [0.15, 0.2) is 0 Å². The van der Waals surface area contributed by atoms with Crippen molar-refractivity contribution in [3.63, 3.8) is 0 Å². The normalized spacial score (nSPS) is 10.5. The molecular formula is C18H16ClFN2O3. The number of carbonyl (C=O) groups excluding carboxylic acids is 2. The molecule has 7 heteroatoms. The molecule has 2 amide bonds. The zero-order chi connectivity index (χ0) is 18.2. The molecule has 2 aromatic rings. The average Bonchev–Trinajstić information content (AvgIpc) is 2.61. The number of nitrogens with one attached hydrogen (secondary N) is 2. The molecule has 2 rings (SSSR count). The van der Waals surface area contributed by atoms with Crippen molar-refractivity contribution < 1.29 is 18.7 Å². The van der Waals surface area contributed by atoms with Crippen molar-refractivity contribution in [3.8, 4) is 5.75 Å². The molecule has 0 fully saturated rings. The van der Waals surface area contributed by atoms with E-state index in [0.717, 1.165) is 5.56 Å². The quantitative estimate of drug-likeness (QED) is 0.635. The highest BCUT2D eigenvalue weighted by molar-refractivity contribution is 6.30. The second kappa shape index (κ2) is 8.84. The summed E-state index contributed by atoms with van der Waals surface area (Å²) in [5.74, 6) is -0.724. The predicted octanol–water partition coefficient (Wildman–Crippen LogP) is 2.89. The monoisotopic (exact) mass is 362 g/mol. The van der Waals surface area contributed by atoms with Gasteiger partial charge in [-0.2, -0.15) is 0 Å². The predicted molar refractivity (Wildman–Crippen MR) is 93.4 cm³/mol. The Labute approximate surface area is 149 Å². The van der Waals surface area contributed by atoms with Crippen molar-refractivity contribution in [2.45, 2.75) is 6.42 Å². The smallest absolute Gasteiger partial charge is 0.262 e. The molecule has 0 aliphatic heterocycles. The van der Waals surface area contributed by atoms with Crippen LogP contribution in [0.1, 0.15) is 11.1 Å². The molecule has 2 N–H and O–H groups in total. The van der Waals surface area contributed by atoms with E-state index in [1.165, 1.54) is 30.4 Å². The first-order chi connectivity index (χ1) is 12.0. The summed E-state index contributed by atoms with van der Waals surface area (Å²) in [6.07, 6.45) is 2.77. The second-order valence-corrected chi connectivity index (χ2v) is 5.48. The number of ether oxygens (including phenoxy) is 1.